The number of aromatic amines is 1. The molecule has 0 unspecified atom stereocenters. The molecule has 0 saturated heterocycles. The molecule has 2 aromatic heterocycles. The second-order valence-corrected chi connectivity index (χ2v) is 4.86. The lowest BCUT2D eigenvalue weighted by Gasteiger charge is -2.05. The lowest BCUT2D eigenvalue weighted by molar-refractivity contribution is 0.0946. The molecular weight excluding hydrogens is 274 g/mol. The van der Waals surface area contributed by atoms with E-state index in [1.54, 1.807) is 24.4 Å². The highest BCUT2D eigenvalue weighted by molar-refractivity contribution is 6.30. The molecule has 0 spiro atoms. The Labute approximate surface area is 120 Å². The van der Waals surface area contributed by atoms with Crippen molar-refractivity contribution in [3.63, 3.8) is 0 Å². The van der Waals surface area contributed by atoms with E-state index in [1.807, 2.05) is 24.3 Å². The smallest absolute Gasteiger partial charge is 0.270 e. The summed E-state index contributed by atoms with van der Waals surface area (Å²) in [6.45, 7) is 0.445. The van der Waals surface area contributed by atoms with Crippen LogP contribution in [0.25, 0.3) is 11.0 Å². The summed E-state index contributed by atoms with van der Waals surface area (Å²) >= 11 is 5.81. The van der Waals surface area contributed by atoms with E-state index in [-0.39, 0.29) is 5.91 Å². The van der Waals surface area contributed by atoms with Crippen molar-refractivity contribution in [3.05, 3.63) is 64.9 Å². The number of aromatic nitrogens is 2. The normalized spacial score (nSPS) is 10.7. The van der Waals surface area contributed by atoms with E-state index in [0.29, 0.717) is 22.9 Å². The monoisotopic (exact) mass is 285 g/mol. The van der Waals surface area contributed by atoms with E-state index in [2.05, 4.69) is 15.3 Å². The number of benzene rings is 1. The number of halogens is 1. The molecule has 2 N–H and O–H groups in total. The predicted octanol–water partition coefficient (Wildman–Crippen LogP) is 3.15. The SMILES string of the molecule is O=C(NCc1ccc(Cl)cc1)c1ccc2cc[nH]c2n1. The van der Waals surface area contributed by atoms with Crippen LogP contribution in [0.5, 0.6) is 0 Å². The fourth-order valence-electron chi connectivity index (χ4n) is 1.93. The highest BCUT2D eigenvalue weighted by atomic mass is 35.5. The number of carbonyl (C=O) groups is 1. The lowest BCUT2D eigenvalue weighted by Crippen LogP contribution is -2.23. The Morgan fingerprint density at radius 2 is 1.95 bits per heavy atom. The zero-order valence-electron chi connectivity index (χ0n) is 10.6. The summed E-state index contributed by atoms with van der Waals surface area (Å²) in [6, 6.07) is 12.9. The van der Waals surface area contributed by atoms with Gasteiger partial charge in [0.1, 0.15) is 11.3 Å². The van der Waals surface area contributed by atoms with E-state index >= 15 is 0 Å². The number of fused-ring (bicyclic) bond motifs is 1. The number of hydrogen-bond donors (Lipinski definition) is 2. The van der Waals surface area contributed by atoms with Gasteiger partial charge < -0.3 is 10.3 Å². The van der Waals surface area contributed by atoms with Crippen LogP contribution in [-0.4, -0.2) is 15.9 Å². The van der Waals surface area contributed by atoms with Crippen molar-refractivity contribution in [2.45, 2.75) is 6.54 Å². The fraction of sp³-hybridized carbons (Fsp3) is 0.0667. The Balaban J connectivity index is 1.70. The van der Waals surface area contributed by atoms with E-state index in [0.717, 1.165) is 10.9 Å². The van der Waals surface area contributed by atoms with E-state index in [1.165, 1.54) is 0 Å². The van der Waals surface area contributed by atoms with Crippen molar-refractivity contribution < 1.29 is 4.79 Å². The first-order chi connectivity index (χ1) is 9.72. The summed E-state index contributed by atoms with van der Waals surface area (Å²) in [4.78, 5) is 19.3. The maximum Gasteiger partial charge on any atom is 0.270 e. The number of nitrogens with one attached hydrogen (secondary N) is 2. The van der Waals surface area contributed by atoms with Crippen molar-refractivity contribution in [3.8, 4) is 0 Å². The summed E-state index contributed by atoms with van der Waals surface area (Å²) in [5, 5.41) is 4.50. The van der Waals surface area contributed by atoms with Gasteiger partial charge in [-0.1, -0.05) is 23.7 Å². The van der Waals surface area contributed by atoms with Gasteiger partial charge in [-0.05, 0) is 35.9 Å². The van der Waals surface area contributed by atoms with Gasteiger partial charge in [0.25, 0.3) is 5.91 Å². The van der Waals surface area contributed by atoms with Crippen LogP contribution in [-0.2, 0) is 6.54 Å². The molecule has 100 valence electrons. The van der Waals surface area contributed by atoms with Crippen LogP contribution in [0.2, 0.25) is 5.02 Å². The van der Waals surface area contributed by atoms with Crippen molar-refractivity contribution in [1.29, 1.82) is 0 Å². The summed E-state index contributed by atoms with van der Waals surface area (Å²) in [6.07, 6.45) is 1.80. The minimum atomic E-state index is -0.198. The standard InChI is InChI=1S/C15H12ClN3O/c16-12-4-1-10(2-5-12)9-18-15(20)13-6-3-11-7-8-17-14(11)19-13/h1-8H,9H2,(H,17,19)(H,18,20). The molecule has 4 nitrogen and oxygen atoms in total. The molecular formula is C15H12ClN3O. The van der Waals surface area contributed by atoms with Crippen LogP contribution >= 0.6 is 11.6 Å². The summed E-state index contributed by atoms with van der Waals surface area (Å²) < 4.78 is 0. The van der Waals surface area contributed by atoms with Crippen molar-refractivity contribution in [1.82, 2.24) is 15.3 Å². The van der Waals surface area contributed by atoms with Crippen molar-refractivity contribution in [2.24, 2.45) is 0 Å². The molecule has 0 radical (unpaired) electrons. The molecule has 0 aliphatic heterocycles. The summed E-state index contributed by atoms with van der Waals surface area (Å²) in [5.74, 6) is -0.198. The van der Waals surface area contributed by atoms with Crippen molar-refractivity contribution >= 4 is 28.5 Å². The topological polar surface area (TPSA) is 57.8 Å². The Morgan fingerprint density at radius 1 is 1.15 bits per heavy atom. The number of carbonyl (C=O) groups excluding carboxylic acids is 1. The second kappa shape index (κ2) is 5.35. The Bertz CT molecular complexity index is 749. The third kappa shape index (κ3) is 2.65. The zero-order chi connectivity index (χ0) is 13.9. The van der Waals surface area contributed by atoms with Crippen LogP contribution < -0.4 is 5.32 Å². The van der Waals surface area contributed by atoms with Crippen LogP contribution in [0.1, 0.15) is 16.1 Å². The molecule has 5 heteroatoms. The van der Waals surface area contributed by atoms with E-state index in [4.69, 9.17) is 11.6 Å². The van der Waals surface area contributed by atoms with E-state index < -0.39 is 0 Å². The number of rotatable bonds is 3. The quantitative estimate of drug-likeness (QED) is 0.777. The third-order valence-electron chi connectivity index (χ3n) is 3.01. The van der Waals surface area contributed by atoms with Gasteiger partial charge in [0.15, 0.2) is 0 Å². The minimum absolute atomic E-state index is 0.198. The molecule has 1 aromatic carbocycles. The Hall–Kier alpha value is -2.33. The maximum absolute atomic E-state index is 12.0. The maximum atomic E-state index is 12.0. The Morgan fingerprint density at radius 3 is 2.75 bits per heavy atom. The van der Waals surface area contributed by atoms with Gasteiger partial charge in [-0.25, -0.2) is 4.98 Å². The number of hydrogen-bond acceptors (Lipinski definition) is 2. The van der Waals surface area contributed by atoms with Crippen LogP contribution in [0.4, 0.5) is 0 Å². The van der Waals surface area contributed by atoms with Crippen LogP contribution in [0.15, 0.2) is 48.7 Å². The molecule has 0 aliphatic carbocycles. The first-order valence-electron chi connectivity index (χ1n) is 6.19. The number of nitrogens with zero attached hydrogens (tertiary/aromatic N) is 1. The zero-order valence-corrected chi connectivity index (χ0v) is 11.3. The fourth-order valence-corrected chi connectivity index (χ4v) is 2.06. The molecule has 0 saturated carbocycles. The summed E-state index contributed by atoms with van der Waals surface area (Å²) in [7, 11) is 0. The lowest BCUT2D eigenvalue weighted by atomic mass is 10.2. The van der Waals surface area contributed by atoms with Crippen LogP contribution in [0.3, 0.4) is 0 Å². The largest absolute Gasteiger partial charge is 0.347 e. The molecule has 0 fully saturated rings. The number of H-pyrrole nitrogens is 1. The molecule has 0 bridgehead atoms. The molecule has 0 aliphatic rings. The van der Waals surface area contributed by atoms with Crippen LogP contribution in [0, 0.1) is 0 Å². The molecule has 0 atom stereocenters. The van der Waals surface area contributed by atoms with Crippen molar-refractivity contribution in [2.75, 3.05) is 0 Å². The second-order valence-electron chi connectivity index (χ2n) is 4.42. The van der Waals surface area contributed by atoms with Gasteiger partial charge in [0, 0.05) is 23.2 Å². The first kappa shape index (κ1) is 12.7. The first-order valence-corrected chi connectivity index (χ1v) is 6.57. The molecule has 3 aromatic rings. The molecule has 1 amide bonds. The number of pyridine rings is 1. The van der Waals surface area contributed by atoms with Gasteiger partial charge in [0.2, 0.25) is 0 Å². The average Bonchev–Trinajstić information content (AvgIpc) is 2.93. The van der Waals surface area contributed by atoms with Gasteiger partial charge in [-0.15, -0.1) is 0 Å². The predicted molar refractivity (Wildman–Crippen MR) is 78.7 cm³/mol. The third-order valence-corrected chi connectivity index (χ3v) is 3.26. The molecule has 20 heavy (non-hydrogen) atoms. The summed E-state index contributed by atoms with van der Waals surface area (Å²) in [5.41, 5.74) is 2.10. The highest BCUT2D eigenvalue weighted by Crippen LogP contribution is 2.11. The van der Waals surface area contributed by atoms with Gasteiger partial charge in [0.05, 0.1) is 0 Å². The molecule has 2 heterocycles. The van der Waals surface area contributed by atoms with Gasteiger partial charge >= 0.3 is 0 Å². The Kier molecular flexibility index (Phi) is 3.39. The number of amides is 1. The average molecular weight is 286 g/mol. The van der Waals surface area contributed by atoms with E-state index in [9.17, 15) is 4.79 Å². The van der Waals surface area contributed by atoms with Gasteiger partial charge in [-0.3, -0.25) is 4.79 Å². The minimum Gasteiger partial charge on any atom is -0.347 e. The molecule has 3 rings (SSSR count). The van der Waals surface area contributed by atoms with Gasteiger partial charge in [-0.2, -0.15) is 0 Å². The highest BCUT2D eigenvalue weighted by Gasteiger charge is 2.08.